The van der Waals surface area contributed by atoms with Crippen molar-refractivity contribution in [1.82, 2.24) is 5.32 Å². The minimum atomic E-state index is -0.549. The van der Waals surface area contributed by atoms with Gasteiger partial charge in [0.15, 0.2) is 5.78 Å². The number of rotatable bonds is 7. The number of benzene rings is 1. The summed E-state index contributed by atoms with van der Waals surface area (Å²) >= 11 is 0. The highest BCUT2D eigenvalue weighted by atomic mass is 16.3. The third-order valence-corrected chi connectivity index (χ3v) is 4.51. The van der Waals surface area contributed by atoms with Crippen LogP contribution >= 0.6 is 0 Å². The van der Waals surface area contributed by atoms with Crippen molar-refractivity contribution in [2.45, 2.75) is 58.1 Å². The van der Waals surface area contributed by atoms with Crippen molar-refractivity contribution in [2.24, 2.45) is 0 Å². The standard InChI is InChI=1S/C19H27NO2/c1-14-8-6-7-11-17(14)18(21)12-13-20-15(2)19(22)16-9-4-3-5-10-16/h3-5,9-10,15,19-20,22H,6-8,11-13H2,1-2H3. The zero-order valence-corrected chi connectivity index (χ0v) is 13.6. The molecule has 0 aliphatic heterocycles. The maximum absolute atomic E-state index is 12.3. The van der Waals surface area contributed by atoms with Crippen LogP contribution in [0.15, 0.2) is 41.5 Å². The number of ketones is 1. The number of hydrogen-bond acceptors (Lipinski definition) is 3. The van der Waals surface area contributed by atoms with Gasteiger partial charge < -0.3 is 10.4 Å². The van der Waals surface area contributed by atoms with Crippen LogP contribution in [0.2, 0.25) is 0 Å². The van der Waals surface area contributed by atoms with Crippen molar-refractivity contribution >= 4 is 5.78 Å². The minimum absolute atomic E-state index is 0.0726. The Morgan fingerprint density at radius 3 is 2.59 bits per heavy atom. The number of Topliss-reactive ketones (excluding diaryl/α,β-unsaturated/α-hetero) is 1. The van der Waals surface area contributed by atoms with Gasteiger partial charge >= 0.3 is 0 Å². The van der Waals surface area contributed by atoms with Crippen molar-refractivity contribution in [3.05, 3.63) is 47.0 Å². The van der Waals surface area contributed by atoms with E-state index in [2.05, 4.69) is 12.2 Å². The molecular formula is C19H27NO2. The van der Waals surface area contributed by atoms with E-state index in [1.54, 1.807) is 0 Å². The fourth-order valence-corrected chi connectivity index (χ4v) is 3.05. The molecule has 3 nitrogen and oxygen atoms in total. The Bertz CT molecular complexity index is 521. The van der Waals surface area contributed by atoms with Crippen LogP contribution in [-0.2, 0) is 4.79 Å². The van der Waals surface area contributed by atoms with E-state index >= 15 is 0 Å². The van der Waals surface area contributed by atoms with E-state index in [1.165, 1.54) is 12.0 Å². The molecule has 2 N–H and O–H groups in total. The van der Waals surface area contributed by atoms with Crippen LogP contribution in [-0.4, -0.2) is 23.5 Å². The van der Waals surface area contributed by atoms with Crippen LogP contribution in [0.25, 0.3) is 0 Å². The van der Waals surface area contributed by atoms with Gasteiger partial charge in [-0.3, -0.25) is 4.79 Å². The molecule has 2 unspecified atom stereocenters. The van der Waals surface area contributed by atoms with Gasteiger partial charge in [0.25, 0.3) is 0 Å². The topological polar surface area (TPSA) is 49.3 Å². The molecule has 0 bridgehead atoms. The van der Waals surface area contributed by atoms with Crippen LogP contribution in [0.5, 0.6) is 0 Å². The SMILES string of the molecule is CC1=C(C(=O)CCNC(C)C(O)c2ccccc2)CCCC1. The Kier molecular flexibility index (Phi) is 6.34. The predicted octanol–water partition coefficient (Wildman–Crippen LogP) is 3.55. The quantitative estimate of drug-likeness (QED) is 0.810. The van der Waals surface area contributed by atoms with Crippen molar-refractivity contribution in [3.63, 3.8) is 0 Å². The highest BCUT2D eigenvalue weighted by Crippen LogP contribution is 2.25. The molecular weight excluding hydrogens is 274 g/mol. The summed E-state index contributed by atoms with van der Waals surface area (Å²) < 4.78 is 0. The Morgan fingerprint density at radius 2 is 1.91 bits per heavy atom. The molecule has 1 aromatic carbocycles. The van der Waals surface area contributed by atoms with E-state index in [1.807, 2.05) is 37.3 Å². The van der Waals surface area contributed by atoms with Crippen molar-refractivity contribution in [2.75, 3.05) is 6.54 Å². The molecule has 0 saturated carbocycles. The second-order valence-electron chi connectivity index (χ2n) is 6.24. The van der Waals surface area contributed by atoms with Crippen LogP contribution in [0.1, 0.15) is 57.6 Å². The first-order chi connectivity index (χ1) is 10.6. The van der Waals surface area contributed by atoms with Gasteiger partial charge in [0.2, 0.25) is 0 Å². The van der Waals surface area contributed by atoms with Gasteiger partial charge in [0.1, 0.15) is 0 Å². The van der Waals surface area contributed by atoms with Crippen molar-refractivity contribution in [3.8, 4) is 0 Å². The maximum atomic E-state index is 12.3. The van der Waals surface area contributed by atoms with Crippen LogP contribution in [0.4, 0.5) is 0 Å². The summed E-state index contributed by atoms with van der Waals surface area (Å²) in [4.78, 5) is 12.3. The third kappa shape index (κ3) is 4.52. The lowest BCUT2D eigenvalue weighted by molar-refractivity contribution is -0.115. The minimum Gasteiger partial charge on any atom is -0.387 e. The average Bonchev–Trinajstić information content (AvgIpc) is 2.55. The van der Waals surface area contributed by atoms with E-state index in [4.69, 9.17) is 0 Å². The van der Waals surface area contributed by atoms with E-state index in [9.17, 15) is 9.90 Å². The summed E-state index contributed by atoms with van der Waals surface area (Å²) in [5.41, 5.74) is 3.22. The van der Waals surface area contributed by atoms with Crippen LogP contribution in [0, 0.1) is 0 Å². The van der Waals surface area contributed by atoms with E-state index in [0.29, 0.717) is 13.0 Å². The zero-order valence-electron chi connectivity index (χ0n) is 13.6. The molecule has 22 heavy (non-hydrogen) atoms. The Hall–Kier alpha value is -1.45. The smallest absolute Gasteiger partial charge is 0.160 e. The lowest BCUT2D eigenvalue weighted by atomic mass is 9.89. The molecule has 0 radical (unpaired) electrons. The molecule has 3 heteroatoms. The number of aliphatic hydroxyl groups excluding tert-OH is 1. The van der Waals surface area contributed by atoms with Gasteiger partial charge in [-0.1, -0.05) is 35.9 Å². The van der Waals surface area contributed by atoms with Gasteiger partial charge in [-0.15, -0.1) is 0 Å². The number of nitrogens with one attached hydrogen (secondary N) is 1. The number of hydrogen-bond donors (Lipinski definition) is 2. The van der Waals surface area contributed by atoms with E-state index in [-0.39, 0.29) is 11.8 Å². The van der Waals surface area contributed by atoms with Crippen LogP contribution in [0.3, 0.4) is 0 Å². The highest BCUT2D eigenvalue weighted by molar-refractivity contribution is 5.96. The molecule has 1 aliphatic rings. The van der Waals surface area contributed by atoms with Crippen LogP contribution < -0.4 is 5.32 Å². The van der Waals surface area contributed by atoms with Gasteiger partial charge in [-0.05, 0) is 50.7 Å². The maximum Gasteiger partial charge on any atom is 0.160 e. The largest absolute Gasteiger partial charge is 0.387 e. The normalized spacial score (nSPS) is 18.1. The molecule has 1 aliphatic carbocycles. The van der Waals surface area contributed by atoms with E-state index < -0.39 is 6.10 Å². The molecule has 0 amide bonds. The van der Waals surface area contributed by atoms with E-state index in [0.717, 1.165) is 30.4 Å². The molecule has 0 fully saturated rings. The monoisotopic (exact) mass is 301 g/mol. The van der Waals surface area contributed by atoms with Gasteiger partial charge in [0.05, 0.1) is 6.10 Å². The Morgan fingerprint density at radius 1 is 1.23 bits per heavy atom. The molecule has 120 valence electrons. The molecule has 0 aromatic heterocycles. The first-order valence-electron chi connectivity index (χ1n) is 8.28. The Labute approximate surface area is 133 Å². The van der Waals surface area contributed by atoms with Gasteiger partial charge in [-0.2, -0.15) is 0 Å². The number of allylic oxidation sites excluding steroid dienone is 2. The second-order valence-corrected chi connectivity index (χ2v) is 6.24. The zero-order chi connectivity index (χ0) is 15.9. The summed E-state index contributed by atoms with van der Waals surface area (Å²) in [6.45, 7) is 4.65. The summed E-state index contributed by atoms with van der Waals surface area (Å²) in [5.74, 6) is 0.270. The molecule has 0 heterocycles. The summed E-state index contributed by atoms with van der Waals surface area (Å²) in [7, 11) is 0. The fraction of sp³-hybridized carbons (Fsp3) is 0.526. The molecule has 2 atom stereocenters. The first kappa shape index (κ1) is 16.9. The molecule has 0 saturated heterocycles. The second kappa shape index (κ2) is 8.25. The number of carbonyl (C=O) groups excluding carboxylic acids is 1. The first-order valence-corrected chi connectivity index (χ1v) is 8.28. The summed E-state index contributed by atoms with van der Waals surface area (Å²) in [6.07, 6.45) is 4.31. The fourth-order valence-electron chi connectivity index (χ4n) is 3.05. The average molecular weight is 301 g/mol. The summed E-state index contributed by atoms with van der Waals surface area (Å²) in [6, 6.07) is 9.55. The summed E-state index contributed by atoms with van der Waals surface area (Å²) in [5, 5.41) is 13.6. The third-order valence-electron chi connectivity index (χ3n) is 4.51. The number of carbonyl (C=O) groups is 1. The van der Waals surface area contributed by atoms with Gasteiger partial charge in [0, 0.05) is 19.0 Å². The predicted molar refractivity (Wildman–Crippen MR) is 89.7 cm³/mol. The van der Waals surface area contributed by atoms with Crippen molar-refractivity contribution < 1.29 is 9.90 Å². The molecule has 0 spiro atoms. The molecule has 1 aromatic rings. The van der Waals surface area contributed by atoms with Gasteiger partial charge in [-0.25, -0.2) is 0 Å². The highest BCUT2D eigenvalue weighted by Gasteiger charge is 2.18. The number of aliphatic hydroxyl groups is 1. The van der Waals surface area contributed by atoms with Crippen molar-refractivity contribution in [1.29, 1.82) is 0 Å². The molecule has 2 rings (SSSR count). The lowest BCUT2D eigenvalue weighted by Gasteiger charge is -2.21. The lowest BCUT2D eigenvalue weighted by Crippen LogP contribution is -2.34. The Balaban J connectivity index is 1.79.